The second kappa shape index (κ2) is 10.1. The van der Waals surface area contributed by atoms with Crippen LogP contribution in [0.25, 0.3) is 11.1 Å². The van der Waals surface area contributed by atoms with Crippen molar-refractivity contribution in [3.63, 3.8) is 0 Å². The van der Waals surface area contributed by atoms with Crippen LogP contribution < -0.4 is 10.1 Å². The number of rotatable bonds is 7. The number of carbonyl (C=O) groups excluding carboxylic acids is 1. The van der Waals surface area contributed by atoms with Crippen LogP contribution in [0.2, 0.25) is 0 Å². The van der Waals surface area contributed by atoms with Crippen molar-refractivity contribution < 1.29 is 22.7 Å². The molecule has 0 fully saturated rings. The number of halogens is 3. The normalized spacial score (nSPS) is 11.3. The van der Waals surface area contributed by atoms with Crippen molar-refractivity contribution in [2.24, 2.45) is 0 Å². The summed E-state index contributed by atoms with van der Waals surface area (Å²) in [7, 11) is 0. The van der Waals surface area contributed by atoms with Gasteiger partial charge in [-0.15, -0.1) is 11.3 Å². The minimum atomic E-state index is -4.41. The van der Waals surface area contributed by atoms with Crippen LogP contribution in [0, 0.1) is 6.92 Å². The summed E-state index contributed by atoms with van der Waals surface area (Å²) in [6.07, 6.45) is -3.70. The summed E-state index contributed by atoms with van der Waals surface area (Å²) in [6.45, 7) is 2.46. The van der Waals surface area contributed by atoms with E-state index in [4.69, 9.17) is 4.74 Å². The number of amides is 1. The van der Waals surface area contributed by atoms with E-state index in [0.717, 1.165) is 22.8 Å². The molecule has 4 rings (SSSR count). The second-order valence-corrected chi connectivity index (χ2v) is 8.62. The van der Waals surface area contributed by atoms with Gasteiger partial charge in [-0.05, 0) is 60.5 Å². The number of hydrogen-bond donors (Lipinski definition) is 1. The Hall–Kier alpha value is -3.65. The number of aromatic nitrogens is 1. The SMILES string of the molecule is Cc1nc(CCOc2ccc(NC(=O)c3ccccc3-c3ccc(C(F)(F)F)cc3)cc2)cs1. The first-order valence-electron chi connectivity index (χ1n) is 10.5. The molecule has 3 aromatic carbocycles. The van der Waals surface area contributed by atoms with Crippen LogP contribution in [-0.4, -0.2) is 17.5 Å². The van der Waals surface area contributed by atoms with Gasteiger partial charge in [-0.2, -0.15) is 13.2 Å². The van der Waals surface area contributed by atoms with Crippen molar-refractivity contribution in [2.75, 3.05) is 11.9 Å². The van der Waals surface area contributed by atoms with Gasteiger partial charge in [-0.1, -0.05) is 30.3 Å². The smallest absolute Gasteiger partial charge is 0.416 e. The summed E-state index contributed by atoms with van der Waals surface area (Å²) in [5, 5.41) is 5.87. The third-order valence-corrected chi connectivity index (χ3v) is 5.92. The molecule has 0 radical (unpaired) electrons. The monoisotopic (exact) mass is 482 g/mol. The zero-order valence-corrected chi connectivity index (χ0v) is 19.0. The van der Waals surface area contributed by atoms with Crippen LogP contribution in [0.5, 0.6) is 5.75 Å². The minimum Gasteiger partial charge on any atom is -0.493 e. The predicted octanol–water partition coefficient (Wildman–Crippen LogP) is 7.01. The number of hydrogen-bond acceptors (Lipinski definition) is 4. The van der Waals surface area contributed by atoms with Gasteiger partial charge >= 0.3 is 6.18 Å². The van der Waals surface area contributed by atoms with Crippen LogP contribution in [0.15, 0.2) is 78.2 Å². The molecule has 0 unspecified atom stereocenters. The van der Waals surface area contributed by atoms with Crippen molar-refractivity contribution in [3.05, 3.63) is 100 Å². The largest absolute Gasteiger partial charge is 0.493 e. The lowest BCUT2D eigenvalue weighted by atomic mass is 9.98. The van der Waals surface area contributed by atoms with E-state index in [1.54, 1.807) is 59.9 Å². The molecule has 174 valence electrons. The van der Waals surface area contributed by atoms with E-state index in [2.05, 4.69) is 10.3 Å². The van der Waals surface area contributed by atoms with Crippen molar-refractivity contribution in [3.8, 4) is 16.9 Å². The average molecular weight is 483 g/mol. The molecule has 1 heterocycles. The van der Waals surface area contributed by atoms with E-state index in [0.29, 0.717) is 41.2 Å². The maximum Gasteiger partial charge on any atom is 0.416 e. The van der Waals surface area contributed by atoms with Crippen molar-refractivity contribution in [1.82, 2.24) is 4.98 Å². The Morgan fingerprint density at radius 1 is 1.00 bits per heavy atom. The number of benzene rings is 3. The number of anilines is 1. The fraction of sp³-hybridized carbons (Fsp3) is 0.154. The topological polar surface area (TPSA) is 51.2 Å². The third kappa shape index (κ3) is 5.82. The maximum atomic E-state index is 12.9. The van der Waals surface area contributed by atoms with Crippen LogP contribution >= 0.6 is 11.3 Å². The molecule has 4 nitrogen and oxygen atoms in total. The highest BCUT2D eigenvalue weighted by Gasteiger charge is 2.30. The molecule has 1 aromatic heterocycles. The van der Waals surface area contributed by atoms with E-state index >= 15 is 0 Å². The van der Waals surface area contributed by atoms with E-state index in [1.165, 1.54) is 12.1 Å². The molecular formula is C26H21F3N2O2S. The van der Waals surface area contributed by atoms with Crippen LogP contribution in [0.4, 0.5) is 18.9 Å². The maximum absolute atomic E-state index is 12.9. The van der Waals surface area contributed by atoms with Crippen LogP contribution in [-0.2, 0) is 12.6 Å². The Kier molecular flexibility index (Phi) is 6.98. The Bertz CT molecular complexity index is 1270. The highest BCUT2D eigenvalue weighted by Crippen LogP contribution is 2.32. The molecule has 1 N–H and O–H groups in total. The van der Waals surface area contributed by atoms with Gasteiger partial charge < -0.3 is 10.1 Å². The van der Waals surface area contributed by atoms with Gasteiger partial charge in [0.2, 0.25) is 0 Å². The summed E-state index contributed by atoms with van der Waals surface area (Å²) >= 11 is 1.61. The Labute approximate surface area is 199 Å². The summed E-state index contributed by atoms with van der Waals surface area (Å²) in [5.74, 6) is 0.318. The molecule has 0 aliphatic rings. The van der Waals surface area contributed by atoms with Crippen LogP contribution in [0.3, 0.4) is 0 Å². The Morgan fingerprint density at radius 2 is 1.71 bits per heavy atom. The minimum absolute atomic E-state index is 0.358. The second-order valence-electron chi connectivity index (χ2n) is 7.56. The summed E-state index contributed by atoms with van der Waals surface area (Å²) in [5.41, 5.74) is 2.28. The Morgan fingerprint density at radius 3 is 2.35 bits per heavy atom. The van der Waals surface area contributed by atoms with Crippen molar-refractivity contribution in [1.29, 1.82) is 0 Å². The van der Waals surface area contributed by atoms with Gasteiger partial charge in [-0.25, -0.2) is 4.98 Å². The highest BCUT2D eigenvalue weighted by atomic mass is 32.1. The van der Waals surface area contributed by atoms with Gasteiger partial charge in [0.25, 0.3) is 5.91 Å². The van der Waals surface area contributed by atoms with E-state index in [-0.39, 0.29) is 5.91 Å². The molecule has 0 saturated heterocycles. The lowest BCUT2D eigenvalue weighted by Crippen LogP contribution is -2.13. The molecule has 0 spiro atoms. The van der Waals surface area contributed by atoms with Gasteiger partial charge in [0.15, 0.2) is 0 Å². The molecule has 0 saturated carbocycles. The van der Waals surface area contributed by atoms with Crippen molar-refractivity contribution >= 4 is 22.9 Å². The summed E-state index contributed by atoms with van der Waals surface area (Å²) in [4.78, 5) is 17.3. The zero-order chi connectivity index (χ0) is 24.1. The average Bonchev–Trinajstić information content (AvgIpc) is 3.24. The molecular weight excluding hydrogens is 461 g/mol. The number of alkyl halides is 3. The Balaban J connectivity index is 1.41. The lowest BCUT2D eigenvalue weighted by molar-refractivity contribution is -0.137. The molecule has 8 heteroatoms. The number of nitrogens with zero attached hydrogens (tertiary/aromatic N) is 1. The van der Waals surface area contributed by atoms with Gasteiger partial charge in [-0.3, -0.25) is 4.79 Å². The molecule has 0 bridgehead atoms. The molecule has 34 heavy (non-hydrogen) atoms. The summed E-state index contributed by atoms with van der Waals surface area (Å²) in [6, 6.07) is 18.6. The van der Waals surface area contributed by atoms with Crippen LogP contribution in [0.1, 0.15) is 26.6 Å². The third-order valence-electron chi connectivity index (χ3n) is 5.10. The molecule has 1 amide bonds. The fourth-order valence-corrected chi connectivity index (χ4v) is 4.05. The first kappa shape index (κ1) is 23.5. The number of nitrogens with one attached hydrogen (secondary N) is 1. The molecule has 4 aromatic rings. The summed E-state index contributed by atoms with van der Waals surface area (Å²) < 4.78 is 44.4. The van der Waals surface area contributed by atoms with Gasteiger partial charge in [0.05, 0.1) is 22.9 Å². The van der Waals surface area contributed by atoms with E-state index in [9.17, 15) is 18.0 Å². The van der Waals surface area contributed by atoms with E-state index in [1.807, 2.05) is 12.3 Å². The fourth-order valence-electron chi connectivity index (χ4n) is 3.40. The number of ether oxygens (including phenoxy) is 1. The zero-order valence-electron chi connectivity index (χ0n) is 18.2. The molecule has 0 aliphatic carbocycles. The first-order valence-corrected chi connectivity index (χ1v) is 11.4. The molecule has 0 aliphatic heterocycles. The first-order chi connectivity index (χ1) is 16.3. The predicted molar refractivity (Wildman–Crippen MR) is 127 cm³/mol. The quantitative estimate of drug-likeness (QED) is 0.308. The van der Waals surface area contributed by atoms with Gasteiger partial charge in [0, 0.05) is 23.1 Å². The number of thiazole rings is 1. The number of aryl methyl sites for hydroxylation is 1. The lowest BCUT2D eigenvalue weighted by Gasteiger charge is -2.12. The molecule has 0 atom stereocenters. The standard InChI is InChI=1S/C26H21F3N2O2S/c1-17-30-21(16-34-17)14-15-33-22-12-10-20(11-13-22)31-25(32)24-5-3-2-4-23(24)18-6-8-19(9-7-18)26(27,28)29/h2-13,16H,14-15H2,1H3,(H,31,32). The van der Waals surface area contributed by atoms with Gasteiger partial charge in [0.1, 0.15) is 5.75 Å². The van der Waals surface area contributed by atoms with E-state index < -0.39 is 11.7 Å². The van der Waals surface area contributed by atoms with Crippen molar-refractivity contribution in [2.45, 2.75) is 19.5 Å². The number of carbonyl (C=O) groups is 1. The highest BCUT2D eigenvalue weighted by molar-refractivity contribution is 7.09.